The van der Waals surface area contributed by atoms with E-state index in [0.29, 0.717) is 11.5 Å². The van der Waals surface area contributed by atoms with Crippen LogP contribution in [-0.4, -0.2) is 37.1 Å². The van der Waals surface area contributed by atoms with E-state index >= 15 is 0 Å². The van der Waals surface area contributed by atoms with Crippen LogP contribution in [0.3, 0.4) is 0 Å². The standard InChI is InChI=1S/C16H34N2/c1-6-7-8-10-17-12-14(2)18-11-9-15(13-18)16(3,4)5/h14-15,17H,6-13H2,1-5H3. The van der Waals surface area contributed by atoms with Gasteiger partial charge in [-0.05, 0) is 44.2 Å². The van der Waals surface area contributed by atoms with Crippen molar-refractivity contribution in [1.82, 2.24) is 10.2 Å². The van der Waals surface area contributed by atoms with Crippen LogP contribution in [0.5, 0.6) is 0 Å². The van der Waals surface area contributed by atoms with E-state index in [9.17, 15) is 0 Å². The first-order valence-corrected chi connectivity index (χ1v) is 7.90. The summed E-state index contributed by atoms with van der Waals surface area (Å²) in [6.45, 7) is 16.7. The summed E-state index contributed by atoms with van der Waals surface area (Å²) in [5.41, 5.74) is 0.475. The monoisotopic (exact) mass is 254 g/mol. The molecule has 0 aromatic carbocycles. The van der Waals surface area contributed by atoms with Gasteiger partial charge in [0.05, 0.1) is 0 Å². The summed E-state index contributed by atoms with van der Waals surface area (Å²) >= 11 is 0. The average molecular weight is 254 g/mol. The second-order valence-corrected chi connectivity index (χ2v) is 7.11. The van der Waals surface area contributed by atoms with Gasteiger partial charge in [0.1, 0.15) is 0 Å². The molecule has 1 fully saturated rings. The Morgan fingerprint density at radius 2 is 2.00 bits per heavy atom. The Kier molecular flexibility index (Phi) is 6.65. The van der Waals surface area contributed by atoms with Crippen LogP contribution in [0.1, 0.15) is 60.3 Å². The summed E-state index contributed by atoms with van der Waals surface area (Å²) in [4.78, 5) is 2.67. The minimum absolute atomic E-state index is 0.475. The number of nitrogens with one attached hydrogen (secondary N) is 1. The molecule has 0 aromatic heterocycles. The molecule has 2 atom stereocenters. The Balaban J connectivity index is 2.17. The van der Waals surface area contributed by atoms with Gasteiger partial charge in [0.25, 0.3) is 0 Å². The highest BCUT2D eigenvalue weighted by molar-refractivity contribution is 4.86. The van der Waals surface area contributed by atoms with Gasteiger partial charge in [0, 0.05) is 19.1 Å². The molecule has 1 N–H and O–H groups in total. The fraction of sp³-hybridized carbons (Fsp3) is 1.00. The van der Waals surface area contributed by atoms with Crippen molar-refractivity contribution in [3.8, 4) is 0 Å². The molecule has 0 bridgehead atoms. The zero-order valence-electron chi connectivity index (χ0n) is 13.3. The summed E-state index contributed by atoms with van der Waals surface area (Å²) < 4.78 is 0. The van der Waals surface area contributed by atoms with E-state index in [1.165, 1.54) is 45.3 Å². The number of unbranched alkanes of at least 4 members (excludes halogenated alkanes) is 2. The van der Waals surface area contributed by atoms with E-state index in [4.69, 9.17) is 0 Å². The van der Waals surface area contributed by atoms with Crippen molar-refractivity contribution in [1.29, 1.82) is 0 Å². The van der Waals surface area contributed by atoms with Crippen molar-refractivity contribution >= 4 is 0 Å². The summed E-state index contributed by atoms with van der Waals surface area (Å²) in [7, 11) is 0. The first-order chi connectivity index (χ1) is 8.45. The van der Waals surface area contributed by atoms with Gasteiger partial charge in [-0.15, -0.1) is 0 Å². The lowest BCUT2D eigenvalue weighted by atomic mass is 9.80. The molecule has 0 amide bonds. The van der Waals surface area contributed by atoms with Crippen LogP contribution in [0.25, 0.3) is 0 Å². The van der Waals surface area contributed by atoms with Crippen LogP contribution in [0, 0.1) is 11.3 Å². The second-order valence-electron chi connectivity index (χ2n) is 7.11. The van der Waals surface area contributed by atoms with Gasteiger partial charge in [-0.25, -0.2) is 0 Å². The maximum atomic E-state index is 3.61. The third-order valence-electron chi connectivity index (χ3n) is 4.46. The summed E-state index contributed by atoms with van der Waals surface area (Å²) in [6.07, 6.45) is 5.38. The van der Waals surface area contributed by atoms with E-state index < -0.39 is 0 Å². The molecule has 108 valence electrons. The highest BCUT2D eigenvalue weighted by Crippen LogP contribution is 2.34. The zero-order chi connectivity index (χ0) is 13.6. The second kappa shape index (κ2) is 7.49. The molecule has 1 aliphatic rings. The molecule has 0 aromatic rings. The molecule has 0 saturated carbocycles. The first-order valence-electron chi connectivity index (χ1n) is 7.90. The fourth-order valence-corrected chi connectivity index (χ4v) is 2.83. The number of rotatable bonds is 7. The van der Waals surface area contributed by atoms with Gasteiger partial charge in [0.2, 0.25) is 0 Å². The van der Waals surface area contributed by atoms with Crippen LogP contribution in [-0.2, 0) is 0 Å². The van der Waals surface area contributed by atoms with Gasteiger partial charge in [0.15, 0.2) is 0 Å². The van der Waals surface area contributed by atoms with Crippen molar-refractivity contribution in [2.24, 2.45) is 11.3 Å². The quantitative estimate of drug-likeness (QED) is 0.699. The van der Waals surface area contributed by atoms with E-state index in [0.717, 1.165) is 12.5 Å². The van der Waals surface area contributed by atoms with Crippen LogP contribution in [0.15, 0.2) is 0 Å². The van der Waals surface area contributed by atoms with E-state index in [1.807, 2.05) is 0 Å². The molecule has 2 nitrogen and oxygen atoms in total. The van der Waals surface area contributed by atoms with Crippen molar-refractivity contribution in [3.63, 3.8) is 0 Å². The van der Waals surface area contributed by atoms with Crippen molar-refractivity contribution < 1.29 is 0 Å². The zero-order valence-corrected chi connectivity index (χ0v) is 13.3. The summed E-state index contributed by atoms with van der Waals surface area (Å²) in [6, 6.07) is 0.693. The van der Waals surface area contributed by atoms with E-state index in [-0.39, 0.29) is 0 Å². The molecule has 1 saturated heterocycles. The molecular formula is C16H34N2. The maximum absolute atomic E-state index is 3.61. The highest BCUT2D eigenvalue weighted by atomic mass is 15.2. The first kappa shape index (κ1) is 16.0. The Morgan fingerprint density at radius 1 is 1.28 bits per heavy atom. The normalized spacial score (nSPS) is 23.5. The molecule has 1 heterocycles. The van der Waals surface area contributed by atoms with Gasteiger partial charge in [-0.1, -0.05) is 40.5 Å². The Bertz CT molecular complexity index is 220. The molecule has 2 unspecified atom stereocenters. The summed E-state index contributed by atoms with van der Waals surface area (Å²) in [5.74, 6) is 0.875. The lowest BCUT2D eigenvalue weighted by Gasteiger charge is -2.29. The maximum Gasteiger partial charge on any atom is 0.0192 e. The molecule has 0 aliphatic carbocycles. The van der Waals surface area contributed by atoms with Crippen LogP contribution in [0.4, 0.5) is 0 Å². The molecule has 1 rings (SSSR count). The highest BCUT2D eigenvalue weighted by Gasteiger charge is 2.33. The molecule has 0 spiro atoms. The predicted molar refractivity (Wildman–Crippen MR) is 81.0 cm³/mol. The molecule has 1 aliphatic heterocycles. The van der Waals surface area contributed by atoms with Crippen molar-refractivity contribution in [3.05, 3.63) is 0 Å². The van der Waals surface area contributed by atoms with Crippen LogP contribution in [0.2, 0.25) is 0 Å². The smallest absolute Gasteiger partial charge is 0.0192 e. The average Bonchev–Trinajstić information content (AvgIpc) is 2.77. The van der Waals surface area contributed by atoms with Crippen LogP contribution >= 0.6 is 0 Å². The number of likely N-dealkylation sites (tertiary alicyclic amines) is 1. The Labute approximate surface area is 115 Å². The van der Waals surface area contributed by atoms with Crippen molar-refractivity contribution in [2.75, 3.05) is 26.2 Å². The summed E-state index contributed by atoms with van der Waals surface area (Å²) in [5, 5.41) is 3.61. The third kappa shape index (κ3) is 5.27. The van der Waals surface area contributed by atoms with Gasteiger partial charge >= 0.3 is 0 Å². The molecule has 0 radical (unpaired) electrons. The lowest BCUT2D eigenvalue weighted by molar-refractivity contribution is 0.199. The lowest BCUT2D eigenvalue weighted by Crippen LogP contribution is -2.40. The third-order valence-corrected chi connectivity index (χ3v) is 4.46. The van der Waals surface area contributed by atoms with E-state index in [1.54, 1.807) is 0 Å². The number of hydrogen-bond acceptors (Lipinski definition) is 2. The van der Waals surface area contributed by atoms with Crippen molar-refractivity contribution in [2.45, 2.75) is 66.3 Å². The Morgan fingerprint density at radius 3 is 2.56 bits per heavy atom. The van der Waals surface area contributed by atoms with E-state index in [2.05, 4.69) is 44.8 Å². The Hall–Kier alpha value is -0.0800. The SMILES string of the molecule is CCCCCNCC(C)N1CCC(C(C)(C)C)C1. The molecule has 18 heavy (non-hydrogen) atoms. The molecular weight excluding hydrogens is 220 g/mol. The minimum atomic E-state index is 0.475. The fourth-order valence-electron chi connectivity index (χ4n) is 2.83. The van der Waals surface area contributed by atoms with Gasteiger partial charge < -0.3 is 5.32 Å². The topological polar surface area (TPSA) is 15.3 Å². The van der Waals surface area contributed by atoms with Crippen LogP contribution < -0.4 is 5.32 Å². The predicted octanol–water partition coefficient (Wildman–Crippen LogP) is 3.52. The van der Waals surface area contributed by atoms with Gasteiger partial charge in [-0.2, -0.15) is 0 Å². The minimum Gasteiger partial charge on any atom is -0.315 e. The molecule has 2 heteroatoms. The number of hydrogen-bond donors (Lipinski definition) is 1. The van der Waals surface area contributed by atoms with Gasteiger partial charge in [-0.3, -0.25) is 4.90 Å². The number of nitrogens with zero attached hydrogens (tertiary/aromatic N) is 1. The largest absolute Gasteiger partial charge is 0.315 e.